The van der Waals surface area contributed by atoms with E-state index in [1.54, 1.807) is 12.4 Å². The molecule has 0 radical (unpaired) electrons. The normalized spacial score (nSPS) is 12.6. The Morgan fingerprint density at radius 1 is 1.32 bits per heavy atom. The topological polar surface area (TPSA) is 63.7 Å². The lowest BCUT2D eigenvalue weighted by Crippen LogP contribution is -2.27. The molecule has 7 heteroatoms. The molecule has 2 heterocycles. The van der Waals surface area contributed by atoms with Crippen LogP contribution in [0, 0.1) is 0 Å². The van der Waals surface area contributed by atoms with Crippen LogP contribution in [0.3, 0.4) is 0 Å². The minimum Gasteiger partial charge on any atom is -0.486 e. The van der Waals surface area contributed by atoms with Gasteiger partial charge in [-0.25, -0.2) is 0 Å². The molecule has 1 aliphatic heterocycles. The summed E-state index contributed by atoms with van der Waals surface area (Å²) in [7, 11) is 3.78. The Bertz CT molecular complexity index is 780. The molecule has 0 unspecified atom stereocenters. The summed E-state index contributed by atoms with van der Waals surface area (Å²) in [6, 6.07) is 5.56. The van der Waals surface area contributed by atoms with Gasteiger partial charge in [0.1, 0.15) is 13.2 Å². The first-order valence-corrected chi connectivity index (χ1v) is 8.41. The Morgan fingerprint density at radius 3 is 2.92 bits per heavy atom. The fourth-order valence-corrected chi connectivity index (χ4v) is 2.96. The van der Waals surface area contributed by atoms with Crippen molar-refractivity contribution in [3.63, 3.8) is 0 Å². The van der Waals surface area contributed by atoms with Gasteiger partial charge in [-0.15, -0.1) is 0 Å². The number of nitrogens with one attached hydrogen (secondary N) is 1. The van der Waals surface area contributed by atoms with Gasteiger partial charge in [0.25, 0.3) is 5.91 Å². The second kappa shape index (κ2) is 7.61. The van der Waals surface area contributed by atoms with Gasteiger partial charge < -0.3 is 19.7 Å². The van der Waals surface area contributed by atoms with Gasteiger partial charge in [-0.1, -0.05) is 11.6 Å². The molecule has 1 amide bonds. The van der Waals surface area contributed by atoms with Crippen LogP contribution in [0.25, 0.3) is 0 Å². The quantitative estimate of drug-likeness (QED) is 0.886. The van der Waals surface area contributed by atoms with Gasteiger partial charge in [-0.3, -0.25) is 9.78 Å². The first-order valence-electron chi connectivity index (χ1n) is 8.04. The maximum Gasteiger partial charge on any atom is 0.254 e. The smallest absolute Gasteiger partial charge is 0.254 e. The second-order valence-electron chi connectivity index (χ2n) is 5.89. The molecule has 1 N–H and O–H groups in total. The number of fused-ring (bicyclic) bond motifs is 1. The van der Waals surface area contributed by atoms with Crippen LogP contribution in [0.2, 0.25) is 5.02 Å². The monoisotopic (exact) mass is 361 g/mol. The second-order valence-corrected chi connectivity index (χ2v) is 6.30. The Hall–Kier alpha value is -2.47. The molecule has 25 heavy (non-hydrogen) atoms. The van der Waals surface area contributed by atoms with E-state index in [9.17, 15) is 4.79 Å². The van der Waals surface area contributed by atoms with Crippen LogP contribution in [0.1, 0.15) is 15.9 Å². The number of pyridine rings is 1. The summed E-state index contributed by atoms with van der Waals surface area (Å²) < 4.78 is 11.1. The van der Waals surface area contributed by atoms with E-state index in [0.717, 1.165) is 11.3 Å². The molecular formula is C18H20ClN3O3. The summed E-state index contributed by atoms with van der Waals surface area (Å²) in [5.41, 5.74) is 2.36. The number of hydrogen-bond donors (Lipinski definition) is 1. The number of benzene rings is 1. The third-order valence-corrected chi connectivity index (χ3v) is 4.16. The number of hydrogen-bond acceptors (Lipinski definition) is 5. The van der Waals surface area contributed by atoms with Crippen LogP contribution >= 0.6 is 11.6 Å². The van der Waals surface area contributed by atoms with E-state index in [1.807, 2.05) is 37.2 Å². The summed E-state index contributed by atoms with van der Waals surface area (Å²) in [6.07, 6.45) is 3.88. The number of anilines is 1. The first kappa shape index (κ1) is 17.4. The predicted octanol–water partition coefficient (Wildman–Crippen LogP) is 2.54. The highest BCUT2D eigenvalue weighted by Gasteiger charge is 2.17. The van der Waals surface area contributed by atoms with E-state index < -0.39 is 0 Å². The molecule has 1 aromatic heterocycles. The third kappa shape index (κ3) is 3.96. The van der Waals surface area contributed by atoms with Gasteiger partial charge in [0.15, 0.2) is 11.5 Å². The number of nitrogens with zero attached hydrogens (tertiary/aromatic N) is 2. The average molecular weight is 362 g/mol. The fourth-order valence-electron chi connectivity index (χ4n) is 2.68. The van der Waals surface area contributed by atoms with Gasteiger partial charge in [0.2, 0.25) is 0 Å². The van der Waals surface area contributed by atoms with Gasteiger partial charge in [-0.2, -0.15) is 0 Å². The molecule has 0 bridgehead atoms. The molecule has 6 nitrogen and oxygen atoms in total. The standard InChI is InChI=1S/C18H20ClN3O3/c1-22(2)15-4-5-20-11-13(15)18(23)21-6-3-12-9-14(19)17-16(10-12)24-7-8-25-17/h4-5,9-11H,3,6-8H2,1-2H3,(H,21,23). The van der Waals surface area contributed by atoms with Crippen LogP contribution in [0.5, 0.6) is 11.5 Å². The fraction of sp³-hybridized carbons (Fsp3) is 0.333. The van der Waals surface area contributed by atoms with E-state index in [0.29, 0.717) is 48.3 Å². The SMILES string of the molecule is CN(C)c1ccncc1C(=O)NCCc1cc(Cl)c2c(c1)OCCO2. The summed E-state index contributed by atoms with van der Waals surface area (Å²) in [6.45, 7) is 1.50. The largest absolute Gasteiger partial charge is 0.486 e. The summed E-state index contributed by atoms with van der Waals surface area (Å²) in [4.78, 5) is 18.3. The number of carbonyl (C=O) groups is 1. The van der Waals surface area contributed by atoms with Gasteiger partial charge in [0.05, 0.1) is 16.3 Å². The van der Waals surface area contributed by atoms with Crippen molar-refractivity contribution in [2.45, 2.75) is 6.42 Å². The van der Waals surface area contributed by atoms with Gasteiger partial charge in [0, 0.05) is 33.0 Å². The van der Waals surface area contributed by atoms with Crippen molar-refractivity contribution in [3.05, 3.63) is 46.7 Å². The van der Waals surface area contributed by atoms with Crippen molar-refractivity contribution < 1.29 is 14.3 Å². The molecule has 0 spiro atoms. The summed E-state index contributed by atoms with van der Waals surface area (Å²) in [5, 5.41) is 3.45. The summed E-state index contributed by atoms with van der Waals surface area (Å²) >= 11 is 6.23. The minimum absolute atomic E-state index is 0.152. The number of halogens is 1. The number of amides is 1. The number of rotatable bonds is 5. The summed E-state index contributed by atoms with van der Waals surface area (Å²) in [5.74, 6) is 1.09. The molecule has 0 aliphatic carbocycles. The van der Waals surface area contributed by atoms with Crippen molar-refractivity contribution in [2.75, 3.05) is 38.8 Å². The lowest BCUT2D eigenvalue weighted by molar-refractivity contribution is 0.0954. The Kier molecular flexibility index (Phi) is 5.28. The van der Waals surface area contributed by atoms with Crippen molar-refractivity contribution in [2.24, 2.45) is 0 Å². The van der Waals surface area contributed by atoms with E-state index in [2.05, 4.69) is 10.3 Å². The zero-order chi connectivity index (χ0) is 17.8. The van der Waals surface area contributed by atoms with Gasteiger partial charge in [-0.05, 0) is 30.2 Å². The predicted molar refractivity (Wildman–Crippen MR) is 97.0 cm³/mol. The number of aromatic nitrogens is 1. The molecule has 1 aliphatic rings. The van der Waals surface area contributed by atoms with Crippen molar-refractivity contribution in [1.29, 1.82) is 0 Å². The molecule has 0 fully saturated rings. The highest BCUT2D eigenvalue weighted by molar-refractivity contribution is 6.32. The van der Waals surface area contributed by atoms with Crippen molar-refractivity contribution in [3.8, 4) is 11.5 Å². The molecular weight excluding hydrogens is 342 g/mol. The molecule has 0 atom stereocenters. The Morgan fingerprint density at radius 2 is 2.12 bits per heavy atom. The van der Waals surface area contributed by atoms with Crippen molar-refractivity contribution in [1.82, 2.24) is 10.3 Å². The molecule has 2 aromatic rings. The van der Waals surface area contributed by atoms with E-state index >= 15 is 0 Å². The molecule has 0 saturated heterocycles. The van der Waals surface area contributed by atoms with Crippen LogP contribution in [-0.2, 0) is 6.42 Å². The third-order valence-electron chi connectivity index (χ3n) is 3.88. The molecule has 0 saturated carbocycles. The Balaban J connectivity index is 1.64. The lowest BCUT2D eigenvalue weighted by atomic mass is 10.1. The molecule has 3 rings (SSSR count). The zero-order valence-electron chi connectivity index (χ0n) is 14.2. The lowest BCUT2D eigenvalue weighted by Gasteiger charge is -2.20. The zero-order valence-corrected chi connectivity index (χ0v) is 15.0. The highest BCUT2D eigenvalue weighted by atomic mass is 35.5. The van der Waals surface area contributed by atoms with Crippen molar-refractivity contribution >= 4 is 23.2 Å². The maximum absolute atomic E-state index is 12.4. The van der Waals surface area contributed by atoms with E-state index in [4.69, 9.17) is 21.1 Å². The van der Waals surface area contributed by atoms with Crippen LogP contribution in [0.15, 0.2) is 30.6 Å². The van der Waals surface area contributed by atoms with Gasteiger partial charge >= 0.3 is 0 Å². The molecule has 132 valence electrons. The van der Waals surface area contributed by atoms with Crippen LogP contribution in [0.4, 0.5) is 5.69 Å². The average Bonchev–Trinajstić information content (AvgIpc) is 2.61. The van der Waals surface area contributed by atoms with E-state index in [-0.39, 0.29) is 5.91 Å². The molecule has 1 aromatic carbocycles. The van der Waals surface area contributed by atoms with E-state index in [1.165, 1.54) is 0 Å². The minimum atomic E-state index is -0.152. The number of carbonyl (C=O) groups excluding carboxylic acids is 1. The number of ether oxygens (including phenoxy) is 2. The van der Waals surface area contributed by atoms with Crippen LogP contribution < -0.4 is 19.7 Å². The first-order chi connectivity index (χ1) is 12.1. The highest BCUT2D eigenvalue weighted by Crippen LogP contribution is 2.38. The Labute approximate surface area is 151 Å². The van der Waals surface area contributed by atoms with Crippen LogP contribution in [-0.4, -0.2) is 44.7 Å². The maximum atomic E-state index is 12.4.